The second-order valence-corrected chi connectivity index (χ2v) is 5.40. The Kier molecular flexibility index (Phi) is 2.10. The Bertz CT molecular complexity index is 701. The van der Waals surface area contributed by atoms with E-state index in [0.717, 1.165) is 6.42 Å². The van der Waals surface area contributed by atoms with Crippen molar-refractivity contribution >= 4 is 16.7 Å². The standard InChI is InChI=1S/C17H14O2/c18-16-17(8-3-9-19-16)11-15(17)14-7-6-12-4-1-2-5-13(12)10-14/h1-8,10,15H,9,11H2/t15-,17+/m1/s1. The summed E-state index contributed by atoms with van der Waals surface area (Å²) in [4.78, 5) is 12.0. The summed E-state index contributed by atoms with van der Waals surface area (Å²) in [5, 5.41) is 2.47. The molecule has 19 heavy (non-hydrogen) atoms. The van der Waals surface area contributed by atoms with Crippen molar-refractivity contribution in [1.82, 2.24) is 0 Å². The molecular weight excluding hydrogens is 236 g/mol. The number of ether oxygens (including phenoxy) is 1. The van der Waals surface area contributed by atoms with Gasteiger partial charge in [-0.1, -0.05) is 54.6 Å². The molecule has 2 heteroatoms. The third-order valence-electron chi connectivity index (χ3n) is 4.29. The van der Waals surface area contributed by atoms with Gasteiger partial charge in [0, 0.05) is 5.92 Å². The summed E-state index contributed by atoms with van der Waals surface area (Å²) < 4.78 is 5.17. The van der Waals surface area contributed by atoms with E-state index in [2.05, 4.69) is 30.3 Å². The van der Waals surface area contributed by atoms with Crippen molar-refractivity contribution in [3.63, 3.8) is 0 Å². The first-order chi connectivity index (χ1) is 9.29. The van der Waals surface area contributed by atoms with E-state index in [9.17, 15) is 4.79 Å². The number of hydrogen-bond acceptors (Lipinski definition) is 2. The highest BCUT2D eigenvalue weighted by molar-refractivity contribution is 5.87. The monoisotopic (exact) mass is 250 g/mol. The first-order valence-corrected chi connectivity index (χ1v) is 6.63. The van der Waals surface area contributed by atoms with Gasteiger partial charge in [0.1, 0.15) is 6.61 Å². The lowest BCUT2D eigenvalue weighted by Gasteiger charge is -2.16. The quantitative estimate of drug-likeness (QED) is 0.572. The van der Waals surface area contributed by atoms with Crippen LogP contribution in [-0.4, -0.2) is 12.6 Å². The van der Waals surface area contributed by atoms with Crippen LogP contribution in [-0.2, 0) is 9.53 Å². The third kappa shape index (κ3) is 1.53. The molecule has 1 spiro atoms. The van der Waals surface area contributed by atoms with Crippen LogP contribution >= 0.6 is 0 Å². The van der Waals surface area contributed by atoms with Crippen LogP contribution in [0, 0.1) is 5.41 Å². The summed E-state index contributed by atoms with van der Waals surface area (Å²) in [5.41, 5.74) is 0.864. The van der Waals surface area contributed by atoms with Crippen molar-refractivity contribution in [3.05, 3.63) is 60.2 Å². The molecule has 0 amide bonds. The van der Waals surface area contributed by atoms with E-state index in [0.29, 0.717) is 6.61 Å². The van der Waals surface area contributed by atoms with E-state index in [1.54, 1.807) is 0 Å². The molecule has 0 unspecified atom stereocenters. The zero-order valence-electron chi connectivity index (χ0n) is 10.5. The van der Waals surface area contributed by atoms with Gasteiger partial charge in [-0.2, -0.15) is 0 Å². The number of fused-ring (bicyclic) bond motifs is 1. The Morgan fingerprint density at radius 2 is 1.95 bits per heavy atom. The van der Waals surface area contributed by atoms with Crippen LogP contribution in [0.2, 0.25) is 0 Å². The van der Waals surface area contributed by atoms with E-state index in [4.69, 9.17) is 4.74 Å². The van der Waals surface area contributed by atoms with Crippen LogP contribution in [0.3, 0.4) is 0 Å². The van der Waals surface area contributed by atoms with Gasteiger partial charge in [0.2, 0.25) is 0 Å². The molecule has 1 aliphatic carbocycles. The molecule has 1 fully saturated rings. The summed E-state index contributed by atoms with van der Waals surface area (Å²) in [5.74, 6) is 0.217. The number of carbonyl (C=O) groups is 1. The lowest BCUT2D eigenvalue weighted by atomic mass is 9.96. The molecule has 0 radical (unpaired) electrons. The molecule has 1 aliphatic heterocycles. The molecule has 2 nitrogen and oxygen atoms in total. The van der Waals surface area contributed by atoms with Crippen LogP contribution in [0.1, 0.15) is 17.9 Å². The van der Waals surface area contributed by atoms with Gasteiger partial charge in [0.05, 0.1) is 5.41 Å². The predicted molar refractivity (Wildman–Crippen MR) is 73.8 cm³/mol. The number of rotatable bonds is 1. The van der Waals surface area contributed by atoms with E-state index < -0.39 is 0 Å². The first-order valence-electron chi connectivity index (χ1n) is 6.63. The summed E-state index contributed by atoms with van der Waals surface area (Å²) in [6.45, 7) is 0.422. The van der Waals surface area contributed by atoms with Gasteiger partial charge in [0.15, 0.2) is 0 Å². The molecule has 2 aromatic carbocycles. The van der Waals surface area contributed by atoms with Gasteiger partial charge in [-0.15, -0.1) is 0 Å². The molecule has 2 atom stereocenters. The smallest absolute Gasteiger partial charge is 0.316 e. The van der Waals surface area contributed by atoms with Gasteiger partial charge in [-0.3, -0.25) is 4.79 Å². The first kappa shape index (κ1) is 10.8. The minimum absolute atomic E-state index is 0.0619. The summed E-state index contributed by atoms with van der Waals surface area (Å²) in [6, 6.07) is 14.8. The minimum atomic E-state index is -0.374. The van der Waals surface area contributed by atoms with Gasteiger partial charge < -0.3 is 4.74 Å². The molecule has 0 bridgehead atoms. The Morgan fingerprint density at radius 1 is 1.11 bits per heavy atom. The second-order valence-electron chi connectivity index (χ2n) is 5.40. The SMILES string of the molecule is O=C1OCC=C[C@@]12C[C@@H]2c1ccc2ccccc2c1. The number of esters is 1. The fourth-order valence-corrected chi connectivity index (χ4v) is 3.11. The van der Waals surface area contributed by atoms with Crippen LogP contribution in [0.4, 0.5) is 0 Å². The maximum Gasteiger partial charge on any atom is 0.316 e. The topological polar surface area (TPSA) is 26.3 Å². The molecule has 1 heterocycles. The summed E-state index contributed by atoms with van der Waals surface area (Å²) in [7, 11) is 0. The Balaban J connectivity index is 1.75. The highest BCUT2D eigenvalue weighted by Gasteiger charge is 2.60. The highest BCUT2D eigenvalue weighted by atomic mass is 16.5. The number of benzene rings is 2. The van der Waals surface area contributed by atoms with Crippen molar-refractivity contribution in [2.45, 2.75) is 12.3 Å². The highest BCUT2D eigenvalue weighted by Crippen LogP contribution is 2.62. The van der Waals surface area contributed by atoms with Gasteiger partial charge in [-0.25, -0.2) is 0 Å². The van der Waals surface area contributed by atoms with Crippen molar-refractivity contribution in [3.8, 4) is 0 Å². The summed E-state index contributed by atoms with van der Waals surface area (Å²) >= 11 is 0. The van der Waals surface area contributed by atoms with Crippen molar-refractivity contribution in [1.29, 1.82) is 0 Å². The van der Waals surface area contributed by atoms with Crippen molar-refractivity contribution in [2.24, 2.45) is 5.41 Å². The van der Waals surface area contributed by atoms with E-state index in [-0.39, 0.29) is 17.3 Å². The van der Waals surface area contributed by atoms with E-state index >= 15 is 0 Å². The van der Waals surface area contributed by atoms with Gasteiger partial charge in [-0.05, 0) is 22.8 Å². The van der Waals surface area contributed by atoms with Gasteiger partial charge >= 0.3 is 5.97 Å². The van der Waals surface area contributed by atoms with Crippen LogP contribution in [0.5, 0.6) is 0 Å². The maximum atomic E-state index is 12.0. The number of cyclic esters (lactones) is 1. The molecule has 1 saturated carbocycles. The molecule has 94 valence electrons. The summed E-state index contributed by atoms with van der Waals surface area (Å²) in [6.07, 6.45) is 4.88. The lowest BCUT2D eigenvalue weighted by Crippen LogP contribution is -2.22. The fourth-order valence-electron chi connectivity index (χ4n) is 3.11. The van der Waals surface area contributed by atoms with Crippen LogP contribution < -0.4 is 0 Å². The Labute approximate surface area is 111 Å². The normalized spacial score (nSPS) is 28.6. The maximum absolute atomic E-state index is 12.0. The zero-order valence-corrected chi connectivity index (χ0v) is 10.5. The third-order valence-corrected chi connectivity index (χ3v) is 4.29. The molecule has 0 aromatic heterocycles. The van der Waals surface area contributed by atoms with Crippen LogP contribution in [0.25, 0.3) is 10.8 Å². The number of carbonyl (C=O) groups excluding carboxylic acids is 1. The fraction of sp³-hybridized carbons (Fsp3) is 0.235. The number of hydrogen-bond donors (Lipinski definition) is 0. The average Bonchev–Trinajstić information content (AvgIpc) is 3.17. The second kappa shape index (κ2) is 3.70. The Hall–Kier alpha value is -2.09. The largest absolute Gasteiger partial charge is 0.461 e. The molecule has 2 aromatic rings. The molecule has 0 N–H and O–H groups in total. The van der Waals surface area contributed by atoms with Crippen molar-refractivity contribution < 1.29 is 9.53 Å². The zero-order chi connectivity index (χ0) is 12.9. The van der Waals surface area contributed by atoms with Gasteiger partial charge in [0.25, 0.3) is 0 Å². The molecular formula is C17H14O2. The van der Waals surface area contributed by atoms with Crippen LogP contribution in [0.15, 0.2) is 54.6 Å². The van der Waals surface area contributed by atoms with Crippen molar-refractivity contribution in [2.75, 3.05) is 6.61 Å². The Morgan fingerprint density at radius 3 is 2.79 bits per heavy atom. The average molecular weight is 250 g/mol. The predicted octanol–water partition coefficient (Wildman–Crippen LogP) is 3.43. The lowest BCUT2D eigenvalue weighted by molar-refractivity contribution is -0.148. The molecule has 0 saturated heterocycles. The van der Waals surface area contributed by atoms with E-state index in [1.165, 1.54) is 16.3 Å². The molecule has 2 aliphatic rings. The van der Waals surface area contributed by atoms with E-state index in [1.807, 2.05) is 24.3 Å². The molecule has 4 rings (SSSR count). The minimum Gasteiger partial charge on any atom is -0.461 e.